The van der Waals surface area contributed by atoms with Gasteiger partial charge in [0.15, 0.2) is 0 Å². The van der Waals surface area contributed by atoms with Gasteiger partial charge in [-0.25, -0.2) is 15.2 Å². The molecule has 2 rings (SSSR count). The van der Waals surface area contributed by atoms with Gasteiger partial charge in [0, 0.05) is 5.69 Å². The van der Waals surface area contributed by atoms with E-state index in [9.17, 15) is 9.18 Å². The summed E-state index contributed by atoms with van der Waals surface area (Å²) < 4.78 is 13.7. The summed E-state index contributed by atoms with van der Waals surface area (Å²) in [6, 6.07) is 12.0. The molecule has 0 spiro atoms. The van der Waals surface area contributed by atoms with Crippen molar-refractivity contribution in [1.82, 2.24) is 0 Å². The van der Waals surface area contributed by atoms with Crippen molar-refractivity contribution in [2.24, 2.45) is 5.84 Å². The predicted molar refractivity (Wildman–Crippen MR) is 73.0 cm³/mol. The summed E-state index contributed by atoms with van der Waals surface area (Å²) in [7, 11) is 0. The number of benzene rings is 2. The zero-order valence-electron chi connectivity index (χ0n) is 10.4. The van der Waals surface area contributed by atoms with Gasteiger partial charge in [-0.2, -0.15) is 5.26 Å². The number of amides is 1. The van der Waals surface area contributed by atoms with E-state index in [0.29, 0.717) is 5.56 Å². The number of anilines is 2. The van der Waals surface area contributed by atoms with Crippen LogP contribution in [0.3, 0.4) is 0 Å². The Labute approximate surface area is 114 Å². The first-order valence-corrected chi connectivity index (χ1v) is 5.68. The predicted octanol–water partition coefficient (Wildman–Crippen LogP) is 1.80. The summed E-state index contributed by atoms with van der Waals surface area (Å²) in [5, 5.41) is 9.57. The van der Waals surface area contributed by atoms with Gasteiger partial charge in [0.05, 0.1) is 22.9 Å². The van der Waals surface area contributed by atoms with Crippen LogP contribution in [0.1, 0.15) is 15.9 Å². The van der Waals surface area contributed by atoms with Crippen LogP contribution in [0.4, 0.5) is 15.8 Å². The molecule has 0 aromatic heterocycles. The standard InChI is InChI=1S/C14H11FN4O/c15-11-5-2-6-12(17)13(11)14(20)19(18)10-4-1-3-9(7-10)8-16/h1-7H,17-18H2. The highest BCUT2D eigenvalue weighted by Crippen LogP contribution is 2.21. The Kier molecular flexibility index (Phi) is 3.64. The second-order valence-corrected chi connectivity index (χ2v) is 4.04. The van der Waals surface area contributed by atoms with Crippen LogP contribution in [0, 0.1) is 17.1 Å². The second kappa shape index (κ2) is 5.38. The molecule has 4 N–H and O–H groups in total. The van der Waals surface area contributed by atoms with Crippen molar-refractivity contribution in [2.45, 2.75) is 0 Å². The van der Waals surface area contributed by atoms with Crippen molar-refractivity contribution in [3.8, 4) is 6.07 Å². The minimum Gasteiger partial charge on any atom is -0.398 e. The fourth-order valence-electron chi connectivity index (χ4n) is 1.73. The second-order valence-electron chi connectivity index (χ2n) is 4.04. The molecule has 0 atom stereocenters. The molecule has 0 unspecified atom stereocenters. The molecule has 0 saturated carbocycles. The molecule has 0 aliphatic heterocycles. The number of carbonyl (C=O) groups is 1. The average molecular weight is 270 g/mol. The van der Waals surface area contributed by atoms with Crippen LogP contribution in [0.2, 0.25) is 0 Å². The molecule has 0 fully saturated rings. The minimum absolute atomic E-state index is 0.00175. The van der Waals surface area contributed by atoms with Gasteiger partial charge in [-0.3, -0.25) is 4.79 Å². The highest BCUT2D eigenvalue weighted by molar-refractivity contribution is 6.08. The Hall–Kier alpha value is -2.91. The Morgan fingerprint density at radius 1 is 1.25 bits per heavy atom. The van der Waals surface area contributed by atoms with E-state index in [0.717, 1.165) is 11.1 Å². The highest BCUT2D eigenvalue weighted by Gasteiger charge is 2.21. The first-order valence-electron chi connectivity index (χ1n) is 5.68. The monoisotopic (exact) mass is 270 g/mol. The number of nitriles is 1. The van der Waals surface area contributed by atoms with Gasteiger partial charge >= 0.3 is 0 Å². The number of halogens is 1. The summed E-state index contributed by atoms with van der Waals surface area (Å²) >= 11 is 0. The molecule has 5 nitrogen and oxygen atoms in total. The zero-order chi connectivity index (χ0) is 14.7. The first-order chi connectivity index (χ1) is 9.54. The number of carbonyl (C=O) groups excluding carboxylic acids is 1. The van der Waals surface area contributed by atoms with Crippen LogP contribution in [0.15, 0.2) is 42.5 Å². The molecule has 20 heavy (non-hydrogen) atoms. The third kappa shape index (κ3) is 2.43. The van der Waals surface area contributed by atoms with Crippen LogP contribution in [0.5, 0.6) is 0 Å². The van der Waals surface area contributed by atoms with Crippen LogP contribution in [-0.4, -0.2) is 5.91 Å². The molecule has 0 aliphatic carbocycles. The van der Waals surface area contributed by atoms with Gasteiger partial charge in [0.25, 0.3) is 5.91 Å². The number of rotatable bonds is 2. The maximum atomic E-state index is 13.7. The Morgan fingerprint density at radius 2 is 1.95 bits per heavy atom. The summed E-state index contributed by atoms with van der Waals surface area (Å²) in [5.41, 5.74) is 5.92. The van der Waals surface area contributed by atoms with E-state index in [-0.39, 0.29) is 16.9 Å². The molecular formula is C14H11FN4O. The maximum absolute atomic E-state index is 13.7. The molecule has 0 aliphatic rings. The van der Waals surface area contributed by atoms with Crippen LogP contribution in [-0.2, 0) is 0 Å². The molecule has 1 amide bonds. The van der Waals surface area contributed by atoms with Crippen molar-refractivity contribution in [1.29, 1.82) is 5.26 Å². The number of hydrogen-bond acceptors (Lipinski definition) is 4. The summed E-state index contributed by atoms with van der Waals surface area (Å²) in [5.74, 6) is 4.15. The van der Waals surface area contributed by atoms with Gasteiger partial charge in [-0.15, -0.1) is 0 Å². The lowest BCUT2D eigenvalue weighted by atomic mass is 10.1. The largest absolute Gasteiger partial charge is 0.398 e. The van der Waals surface area contributed by atoms with Crippen LogP contribution < -0.4 is 16.6 Å². The SMILES string of the molecule is N#Cc1cccc(N(N)C(=O)c2c(N)cccc2F)c1. The first kappa shape index (κ1) is 13.5. The zero-order valence-corrected chi connectivity index (χ0v) is 10.4. The lowest BCUT2D eigenvalue weighted by Gasteiger charge is -2.18. The molecule has 0 heterocycles. The van der Waals surface area contributed by atoms with Gasteiger partial charge < -0.3 is 5.73 Å². The summed E-state index contributed by atoms with van der Waals surface area (Å²) in [4.78, 5) is 12.2. The van der Waals surface area contributed by atoms with Gasteiger partial charge in [0.1, 0.15) is 5.82 Å². The summed E-state index contributed by atoms with van der Waals surface area (Å²) in [6.07, 6.45) is 0. The van der Waals surface area contributed by atoms with Gasteiger partial charge in [-0.1, -0.05) is 12.1 Å². The number of nitrogen functional groups attached to an aromatic ring is 1. The van der Waals surface area contributed by atoms with E-state index in [1.807, 2.05) is 6.07 Å². The number of nitrogens with two attached hydrogens (primary N) is 2. The van der Waals surface area contributed by atoms with Gasteiger partial charge in [-0.05, 0) is 30.3 Å². The van der Waals surface area contributed by atoms with Crippen molar-refractivity contribution < 1.29 is 9.18 Å². The van der Waals surface area contributed by atoms with E-state index in [4.69, 9.17) is 16.8 Å². The fourth-order valence-corrected chi connectivity index (χ4v) is 1.73. The third-order valence-corrected chi connectivity index (χ3v) is 2.73. The number of nitrogens with zero attached hydrogens (tertiary/aromatic N) is 2. The lowest BCUT2D eigenvalue weighted by molar-refractivity contribution is 0.0984. The minimum atomic E-state index is -0.782. The molecule has 0 saturated heterocycles. The van der Waals surface area contributed by atoms with Crippen molar-refractivity contribution in [2.75, 3.05) is 10.7 Å². The van der Waals surface area contributed by atoms with Gasteiger partial charge in [0.2, 0.25) is 0 Å². The van der Waals surface area contributed by atoms with Crippen LogP contribution in [0.25, 0.3) is 0 Å². The van der Waals surface area contributed by atoms with Crippen molar-refractivity contribution >= 4 is 17.3 Å². The van der Waals surface area contributed by atoms with E-state index in [1.54, 1.807) is 12.1 Å². The molecular weight excluding hydrogens is 259 g/mol. The summed E-state index contributed by atoms with van der Waals surface area (Å²) in [6.45, 7) is 0. The molecule has 6 heteroatoms. The van der Waals surface area contributed by atoms with E-state index >= 15 is 0 Å². The lowest BCUT2D eigenvalue weighted by Crippen LogP contribution is -2.38. The topological polar surface area (TPSA) is 96.1 Å². The van der Waals surface area contributed by atoms with Crippen molar-refractivity contribution in [3.63, 3.8) is 0 Å². The highest BCUT2D eigenvalue weighted by atomic mass is 19.1. The normalized spacial score (nSPS) is 9.85. The van der Waals surface area contributed by atoms with Crippen LogP contribution >= 0.6 is 0 Å². The molecule has 2 aromatic carbocycles. The average Bonchev–Trinajstić information content (AvgIpc) is 2.46. The molecule has 0 bridgehead atoms. The van der Waals surface area contributed by atoms with E-state index in [1.165, 1.54) is 24.3 Å². The third-order valence-electron chi connectivity index (χ3n) is 2.73. The molecule has 2 aromatic rings. The smallest absolute Gasteiger partial charge is 0.277 e. The molecule has 0 radical (unpaired) electrons. The van der Waals surface area contributed by atoms with Crippen molar-refractivity contribution in [3.05, 3.63) is 59.4 Å². The molecule has 100 valence electrons. The fraction of sp³-hybridized carbons (Fsp3) is 0. The Morgan fingerprint density at radius 3 is 2.60 bits per heavy atom. The van der Waals surface area contributed by atoms with E-state index < -0.39 is 11.7 Å². The quantitative estimate of drug-likeness (QED) is 0.376. The number of hydrogen-bond donors (Lipinski definition) is 2. The Bertz CT molecular complexity index is 688. The number of hydrazine groups is 1. The maximum Gasteiger partial charge on any atom is 0.277 e. The van der Waals surface area contributed by atoms with E-state index in [2.05, 4.69) is 0 Å². The Balaban J connectivity index is 2.40.